The van der Waals surface area contributed by atoms with Gasteiger partial charge in [0, 0.05) is 24.2 Å². The van der Waals surface area contributed by atoms with E-state index in [1.807, 2.05) is 0 Å². The summed E-state index contributed by atoms with van der Waals surface area (Å²) in [5, 5.41) is 2.99. The number of ether oxygens (including phenoxy) is 3. The second-order valence-electron chi connectivity index (χ2n) is 4.68. The maximum atomic E-state index is 12.3. The predicted octanol–water partition coefficient (Wildman–Crippen LogP) is 2.94. The SMILES string of the molecule is CNC(=O)c1cc(OC)c(OC)cc1OC(=O)c1ccc(Cl)cc1. The van der Waals surface area contributed by atoms with Crippen LogP contribution in [0.1, 0.15) is 20.7 Å². The van der Waals surface area contributed by atoms with Crippen LogP contribution in [0.3, 0.4) is 0 Å². The van der Waals surface area contributed by atoms with Crippen molar-refractivity contribution in [3.63, 3.8) is 0 Å². The molecule has 0 fully saturated rings. The first-order valence-electron chi connectivity index (χ1n) is 6.96. The van der Waals surface area contributed by atoms with Crippen molar-refractivity contribution in [2.45, 2.75) is 0 Å². The van der Waals surface area contributed by atoms with Gasteiger partial charge in [0.1, 0.15) is 5.75 Å². The number of hydrogen-bond acceptors (Lipinski definition) is 5. The Morgan fingerprint density at radius 1 is 0.958 bits per heavy atom. The normalized spacial score (nSPS) is 10.0. The van der Waals surface area contributed by atoms with Crippen molar-refractivity contribution in [2.24, 2.45) is 0 Å². The van der Waals surface area contributed by atoms with E-state index in [1.165, 1.54) is 45.5 Å². The van der Waals surface area contributed by atoms with Gasteiger partial charge in [0.25, 0.3) is 5.91 Å². The maximum absolute atomic E-state index is 12.3. The monoisotopic (exact) mass is 349 g/mol. The van der Waals surface area contributed by atoms with E-state index in [4.69, 9.17) is 25.8 Å². The van der Waals surface area contributed by atoms with Gasteiger partial charge in [-0.3, -0.25) is 4.79 Å². The molecule has 1 N–H and O–H groups in total. The van der Waals surface area contributed by atoms with Gasteiger partial charge in [0.15, 0.2) is 11.5 Å². The lowest BCUT2D eigenvalue weighted by Crippen LogP contribution is -2.20. The number of hydrogen-bond donors (Lipinski definition) is 1. The second kappa shape index (κ2) is 7.70. The smallest absolute Gasteiger partial charge is 0.343 e. The Balaban J connectivity index is 2.41. The van der Waals surface area contributed by atoms with Crippen LogP contribution in [0.4, 0.5) is 0 Å². The van der Waals surface area contributed by atoms with Crippen LogP contribution in [0.25, 0.3) is 0 Å². The summed E-state index contributed by atoms with van der Waals surface area (Å²) in [6.45, 7) is 0. The molecule has 7 heteroatoms. The summed E-state index contributed by atoms with van der Waals surface area (Å²) in [7, 11) is 4.37. The predicted molar refractivity (Wildman–Crippen MR) is 89.3 cm³/mol. The van der Waals surface area contributed by atoms with Gasteiger partial charge in [-0.15, -0.1) is 0 Å². The Morgan fingerprint density at radius 3 is 2.08 bits per heavy atom. The van der Waals surface area contributed by atoms with Crippen molar-refractivity contribution in [2.75, 3.05) is 21.3 Å². The van der Waals surface area contributed by atoms with Gasteiger partial charge >= 0.3 is 5.97 Å². The van der Waals surface area contributed by atoms with E-state index >= 15 is 0 Å². The van der Waals surface area contributed by atoms with Gasteiger partial charge in [-0.25, -0.2) is 4.79 Å². The van der Waals surface area contributed by atoms with Crippen molar-refractivity contribution in [1.29, 1.82) is 0 Å². The van der Waals surface area contributed by atoms with Gasteiger partial charge in [0.2, 0.25) is 0 Å². The molecule has 2 aromatic rings. The van der Waals surface area contributed by atoms with Gasteiger partial charge in [-0.2, -0.15) is 0 Å². The molecular weight excluding hydrogens is 334 g/mol. The van der Waals surface area contributed by atoms with E-state index in [0.29, 0.717) is 22.1 Å². The molecule has 2 rings (SSSR count). The topological polar surface area (TPSA) is 73.9 Å². The van der Waals surface area contributed by atoms with Gasteiger partial charge < -0.3 is 19.5 Å². The lowest BCUT2D eigenvalue weighted by molar-refractivity contribution is 0.0731. The van der Waals surface area contributed by atoms with Crippen LogP contribution in [-0.4, -0.2) is 33.1 Å². The van der Waals surface area contributed by atoms with Crippen LogP contribution in [0, 0.1) is 0 Å². The number of methoxy groups -OCH3 is 2. The summed E-state index contributed by atoms with van der Waals surface area (Å²) in [5.74, 6) is -0.294. The highest BCUT2D eigenvalue weighted by atomic mass is 35.5. The molecule has 0 aromatic heterocycles. The Bertz CT molecular complexity index is 758. The Labute approximate surface area is 144 Å². The molecule has 6 nitrogen and oxygen atoms in total. The van der Waals surface area contributed by atoms with Crippen LogP contribution in [0.2, 0.25) is 5.02 Å². The summed E-state index contributed by atoms with van der Waals surface area (Å²) >= 11 is 5.80. The zero-order valence-electron chi connectivity index (χ0n) is 13.4. The van der Waals surface area contributed by atoms with Crippen LogP contribution in [0.5, 0.6) is 17.2 Å². The molecule has 126 valence electrons. The summed E-state index contributed by atoms with van der Waals surface area (Å²) < 4.78 is 15.7. The molecule has 0 spiro atoms. The molecule has 0 saturated carbocycles. The van der Waals surface area contributed by atoms with Crippen molar-refractivity contribution in [3.05, 3.63) is 52.5 Å². The van der Waals surface area contributed by atoms with E-state index < -0.39 is 11.9 Å². The zero-order valence-corrected chi connectivity index (χ0v) is 14.1. The molecule has 0 radical (unpaired) electrons. The summed E-state index contributed by atoms with van der Waals surface area (Å²) in [6.07, 6.45) is 0. The van der Waals surface area contributed by atoms with Gasteiger partial charge in [-0.05, 0) is 24.3 Å². The highest BCUT2D eigenvalue weighted by molar-refractivity contribution is 6.30. The van der Waals surface area contributed by atoms with Crippen molar-refractivity contribution in [1.82, 2.24) is 5.32 Å². The number of amides is 1. The molecule has 0 aliphatic heterocycles. The van der Waals surface area contributed by atoms with Crippen LogP contribution >= 0.6 is 11.6 Å². The van der Waals surface area contributed by atoms with Gasteiger partial charge in [0.05, 0.1) is 25.3 Å². The fraction of sp³-hybridized carbons (Fsp3) is 0.176. The van der Waals surface area contributed by atoms with Crippen LogP contribution < -0.4 is 19.5 Å². The number of carbonyl (C=O) groups is 2. The average molecular weight is 350 g/mol. The summed E-state index contributed by atoms with van der Waals surface area (Å²) in [6, 6.07) is 9.09. The number of benzene rings is 2. The zero-order chi connectivity index (χ0) is 17.7. The minimum absolute atomic E-state index is 0.0620. The molecule has 0 bridgehead atoms. The third-order valence-electron chi connectivity index (χ3n) is 3.24. The maximum Gasteiger partial charge on any atom is 0.343 e. The summed E-state index contributed by atoms with van der Waals surface area (Å²) in [5.41, 5.74) is 0.453. The molecular formula is C17H16ClNO5. The van der Waals surface area contributed by atoms with E-state index in [9.17, 15) is 9.59 Å². The molecule has 0 aliphatic rings. The highest BCUT2D eigenvalue weighted by Gasteiger charge is 2.20. The van der Waals surface area contributed by atoms with Crippen molar-refractivity contribution >= 4 is 23.5 Å². The minimum Gasteiger partial charge on any atom is -0.493 e. The largest absolute Gasteiger partial charge is 0.493 e. The highest BCUT2D eigenvalue weighted by Crippen LogP contribution is 2.35. The first-order valence-corrected chi connectivity index (χ1v) is 7.33. The van der Waals surface area contributed by atoms with E-state index in [0.717, 1.165) is 0 Å². The quantitative estimate of drug-likeness (QED) is 0.663. The van der Waals surface area contributed by atoms with Crippen molar-refractivity contribution < 1.29 is 23.8 Å². The molecule has 2 aromatic carbocycles. The fourth-order valence-corrected chi connectivity index (χ4v) is 2.13. The first-order chi connectivity index (χ1) is 11.5. The number of esters is 1. The number of nitrogens with one attached hydrogen (secondary N) is 1. The third-order valence-corrected chi connectivity index (χ3v) is 3.49. The Hall–Kier alpha value is -2.73. The van der Waals surface area contributed by atoms with E-state index in [-0.39, 0.29) is 11.3 Å². The van der Waals surface area contributed by atoms with E-state index in [2.05, 4.69) is 5.32 Å². The Kier molecular flexibility index (Phi) is 5.65. The van der Waals surface area contributed by atoms with Crippen LogP contribution in [-0.2, 0) is 0 Å². The number of rotatable bonds is 5. The first kappa shape index (κ1) is 17.6. The lowest BCUT2D eigenvalue weighted by atomic mass is 10.1. The van der Waals surface area contributed by atoms with Crippen LogP contribution in [0.15, 0.2) is 36.4 Å². The molecule has 0 heterocycles. The minimum atomic E-state index is -0.621. The third kappa shape index (κ3) is 3.78. The fourth-order valence-electron chi connectivity index (χ4n) is 2.00. The number of halogens is 1. The average Bonchev–Trinajstić information content (AvgIpc) is 2.61. The molecule has 1 amide bonds. The Morgan fingerprint density at radius 2 is 1.54 bits per heavy atom. The molecule has 0 aliphatic carbocycles. The van der Waals surface area contributed by atoms with E-state index in [1.54, 1.807) is 12.1 Å². The standard InChI is InChI=1S/C17H16ClNO5/c1-19-16(20)12-8-14(22-2)15(23-3)9-13(12)24-17(21)10-4-6-11(18)7-5-10/h4-9H,1-3H3,(H,19,20). The summed E-state index contributed by atoms with van der Waals surface area (Å²) in [4.78, 5) is 24.3. The molecule has 0 atom stereocenters. The molecule has 24 heavy (non-hydrogen) atoms. The van der Waals surface area contributed by atoms with Gasteiger partial charge in [-0.1, -0.05) is 11.6 Å². The number of carbonyl (C=O) groups excluding carboxylic acids is 2. The van der Waals surface area contributed by atoms with Crippen molar-refractivity contribution in [3.8, 4) is 17.2 Å². The lowest BCUT2D eigenvalue weighted by Gasteiger charge is -2.14. The molecule has 0 saturated heterocycles. The second-order valence-corrected chi connectivity index (χ2v) is 5.12. The molecule has 0 unspecified atom stereocenters.